The molecule has 1 saturated heterocycles. The van der Waals surface area contributed by atoms with Crippen LogP contribution in [0, 0.1) is 0 Å². The van der Waals surface area contributed by atoms with Crippen molar-refractivity contribution in [3.8, 4) is 11.5 Å². The Morgan fingerprint density at radius 3 is 2.76 bits per heavy atom. The third-order valence-corrected chi connectivity index (χ3v) is 2.43. The number of hydrogen-bond acceptors (Lipinski definition) is 5. The van der Waals surface area contributed by atoms with Crippen molar-refractivity contribution in [3.63, 3.8) is 0 Å². The van der Waals surface area contributed by atoms with Gasteiger partial charge >= 0.3 is 5.97 Å². The van der Waals surface area contributed by atoms with Crippen LogP contribution in [0.15, 0.2) is 18.2 Å². The fourth-order valence-corrected chi connectivity index (χ4v) is 1.46. The summed E-state index contributed by atoms with van der Waals surface area (Å²) in [6.45, 7) is 0.932. The molecular weight excluding hydrogens is 224 g/mol. The Morgan fingerprint density at radius 2 is 2.18 bits per heavy atom. The molecule has 2 rings (SSSR count). The minimum atomic E-state index is -0.434. The average molecular weight is 238 g/mol. The van der Waals surface area contributed by atoms with Crippen molar-refractivity contribution in [1.29, 1.82) is 0 Å². The van der Waals surface area contributed by atoms with Gasteiger partial charge in [-0.25, -0.2) is 4.79 Å². The van der Waals surface area contributed by atoms with Crippen LogP contribution >= 0.6 is 0 Å². The van der Waals surface area contributed by atoms with Gasteiger partial charge in [0.05, 0.1) is 20.8 Å². The first-order valence-corrected chi connectivity index (χ1v) is 5.26. The van der Waals surface area contributed by atoms with Crippen LogP contribution < -0.4 is 9.47 Å². The summed E-state index contributed by atoms with van der Waals surface area (Å²) in [5.74, 6) is 0.456. The number of benzene rings is 1. The van der Waals surface area contributed by atoms with Gasteiger partial charge in [-0.05, 0) is 12.1 Å². The van der Waals surface area contributed by atoms with Crippen molar-refractivity contribution in [2.24, 2.45) is 0 Å². The molecule has 1 aliphatic heterocycles. The molecular formula is C12H14O5. The molecule has 0 aliphatic carbocycles. The minimum Gasteiger partial charge on any atom is -0.493 e. The van der Waals surface area contributed by atoms with E-state index in [2.05, 4.69) is 0 Å². The maximum atomic E-state index is 11.8. The maximum Gasteiger partial charge on any atom is 0.342 e. The van der Waals surface area contributed by atoms with Gasteiger partial charge in [-0.2, -0.15) is 0 Å². The third-order valence-electron chi connectivity index (χ3n) is 2.43. The quantitative estimate of drug-likeness (QED) is 0.571. The third kappa shape index (κ3) is 2.68. The van der Waals surface area contributed by atoms with Crippen LogP contribution in [0.2, 0.25) is 0 Å². The summed E-state index contributed by atoms with van der Waals surface area (Å²) >= 11 is 0. The van der Waals surface area contributed by atoms with E-state index in [1.54, 1.807) is 18.2 Å². The van der Waals surface area contributed by atoms with Gasteiger partial charge in [0, 0.05) is 0 Å². The lowest BCUT2D eigenvalue weighted by Gasteiger charge is -2.11. The summed E-state index contributed by atoms with van der Waals surface area (Å²) in [6.07, 6.45) is 0.0514. The van der Waals surface area contributed by atoms with Crippen LogP contribution in [0.1, 0.15) is 10.4 Å². The number of para-hydroxylation sites is 1. The van der Waals surface area contributed by atoms with Gasteiger partial charge < -0.3 is 18.9 Å². The zero-order valence-electron chi connectivity index (χ0n) is 9.76. The van der Waals surface area contributed by atoms with Gasteiger partial charge in [0.1, 0.15) is 18.3 Å². The topological polar surface area (TPSA) is 57.3 Å². The SMILES string of the molecule is COc1cccc(C(=O)OC[C@@H]2CO2)c1OC. The number of carbonyl (C=O) groups excluding carboxylic acids is 1. The zero-order valence-corrected chi connectivity index (χ0v) is 9.76. The van der Waals surface area contributed by atoms with Gasteiger partial charge in [0.2, 0.25) is 0 Å². The highest BCUT2D eigenvalue weighted by atomic mass is 16.6. The smallest absolute Gasteiger partial charge is 0.342 e. The number of methoxy groups -OCH3 is 2. The lowest BCUT2D eigenvalue weighted by atomic mass is 10.2. The summed E-state index contributed by atoms with van der Waals surface area (Å²) in [5, 5.41) is 0. The number of hydrogen-bond donors (Lipinski definition) is 0. The predicted molar refractivity (Wildman–Crippen MR) is 59.6 cm³/mol. The molecule has 92 valence electrons. The highest BCUT2D eigenvalue weighted by Gasteiger charge is 2.25. The lowest BCUT2D eigenvalue weighted by molar-refractivity contribution is 0.0472. The van der Waals surface area contributed by atoms with Gasteiger partial charge in [-0.3, -0.25) is 0 Å². The second-order valence-corrected chi connectivity index (χ2v) is 3.59. The number of rotatable bonds is 5. The fraction of sp³-hybridized carbons (Fsp3) is 0.417. The van der Waals surface area contributed by atoms with Crippen molar-refractivity contribution in [1.82, 2.24) is 0 Å². The Hall–Kier alpha value is -1.75. The van der Waals surface area contributed by atoms with Crippen LogP contribution in [0.25, 0.3) is 0 Å². The van der Waals surface area contributed by atoms with Crippen molar-refractivity contribution < 1.29 is 23.7 Å². The Labute approximate surface area is 99.2 Å². The highest BCUT2D eigenvalue weighted by molar-refractivity contribution is 5.93. The van der Waals surface area contributed by atoms with Crippen LogP contribution in [0.4, 0.5) is 0 Å². The Kier molecular flexibility index (Phi) is 3.49. The van der Waals surface area contributed by atoms with E-state index in [4.69, 9.17) is 18.9 Å². The number of carbonyl (C=O) groups is 1. The van der Waals surface area contributed by atoms with Gasteiger partial charge in [-0.1, -0.05) is 6.07 Å². The van der Waals surface area contributed by atoms with Crippen LogP contribution in [0.5, 0.6) is 11.5 Å². The Bertz CT molecular complexity index is 411. The number of epoxide rings is 1. The second kappa shape index (κ2) is 5.05. The molecule has 1 aromatic carbocycles. The number of ether oxygens (including phenoxy) is 4. The molecule has 0 radical (unpaired) electrons. The molecule has 0 bridgehead atoms. The molecule has 1 atom stereocenters. The number of esters is 1. The molecule has 5 nitrogen and oxygen atoms in total. The molecule has 0 spiro atoms. The molecule has 0 aromatic heterocycles. The van der Waals surface area contributed by atoms with Crippen molar-refractivity contribution in [2.45, 2.75) is 6.10 Å². The molecule has 0 amide bonds. The summed E-state index contributed by atoms with van der Waals surface area (Å²) in [7, 11) is 3.00. The lowest BCUT2D eigenvalue weighted by Crippen LogP contribution is -2.11. The van der Waals surface area contributed by atoms with Gasteiger partial charge in [0.15, 0.2) is 11.5 Å². The van der Waals surface area contributed by atoms with Crippen LogP contribution in [-0.4, -0.2) is 39.5 Å². The first-order valence-electron chi connectivity index (χ1n) is 5.26. The van der Waals surface area contributed by atoms with Gasteiger partial charge in [0.25, 0.3) is 0 Å². The summed E-state index contributed by atoms with van der Waals surface area (Å²) in [5.41, 5.74) is 0.354. The van der Waals surface area contributed by atoms with E-state index in [1.165, 1.54) is 14.2 Å². The van der Waals surface area contributed by atoms with Crippen LogP contribution in [0.3, 0.4) is 0 Å². The molecule has 0 unspecified atom stereocenters. The molecule has 1 heterocycles. The zero-order chi connectivity index (χ0) is 12.3. The summed E-state index contributed by atoms with van der Waals surface area (Å²) < 4.78 is 20.3. The maximum absolute atomic E-state index is 11.8. The van der Waals surface area contributed by atoms with Crippen molar-refractivity contribution in [2.75, 3.05) is 27.4 Å². The first-order chi connectivity index (χ1) is 8.26. The van der Waals surface area contributed by atoms with E-state index in [0.29, 0.717) is 23.7 Å². The monoisotopic (exact) mass is 238 g/mol. The molecule has 1 fully saturated rings. The van der Waals surface area contributed by atoms with Crippen molar-refractivity contribution in [3.05, 3.63) is 23.8 Å². The second-order valence-electron chi connectivity index (χ2n) is 3.59. The summed E-state index contributed by atoms with van der Waals surface area (Å²) in [4.78, 5) is 11.8. The van der Waals surface area contributed by atoms with Gasteiger partial charge in [-0.15, -0.1) is 0 Å². The van der Waals surface area contributed by atoms with E-state index in [1.807, 2.05) is 0 Å². The van der Waals surface area contributed by atoms with E-state index < -0.39 is 5.97 Å². The standard InChI is InChI=1S/C12H14O5/c1-14-10-5-3-4-9(11(10)15-2)12(13)17-7-8-6-16-8/h3-5,8H,6-7H2,1-2H3/t8-/m0/s1. The first kappa shape index (κ1) is 11.7. The van der Waals surface area contributed by atoms with E-state index in [0.717, 1.165) is 0 Å². The van der Waals surface area contributed by atoms with Crippen molar-refractivity contribution >= 4 is 5.97 Å². The Morgan fingerprint density at radius 1 is 1.41 bits per heavy atom. The summed E-state index contributed by atoms with van der Waals surface area (Å²) in [6, 6.07) is 5.07. The largest absolute Gasteiger partial charge is 0.493 e. The molecule has 0 N–H and O–H groups in total. The fourth-order valence-electron chi connectivity index (χ4n) is 1.46. The highest BCUT2D eigenvalue weighted by Crippen LogP contribution is 2.31. The molecule has 5 heteroatoms. The molecule has 1 aromatic rings. The minimum absolute atomic E-state index is 0.0514. The molecule has 0 saturated carbocycles. The molecule has 17 heavy (non-hydrogen) atoms. The van der Waals surface area contributed by atoms with E-state index in [9.17, 15) is 4.79 Å². The van der Waals surface area contributed by atoms with E-state index >= 15 is 0 Å². The van der Waals surface area contributed by atoms with E-state index in [-0.39, 0.29) is 12.7 Å². The Balaban J connectivity index is 2.14. The normalized spacial score (nSPS) is 17.4. The average Bonchev–Trinajstić information content (AvgIpc) is 3.18. The predicted octanol–water partition coefficient (Wildman–Crippen LogP) is 1.26. The van der Waals surface area contributed by atoms with Crippen LogP contribution in [-0.2, 0) is 9.47 Å². The molecule has 1 aliphatic rings.